The first-order chi connectivity index (χ1) is 8.20. The molecular formula is C14H16Cl2O. The molecular weight excluding hydrogens is 255 g/mol. The molecule has 0 aliphatic heterocycles. The number of halogens is 2. The van der Waals surface area contributed by atoms with Crippen molar-refractivity contribution in [3.8, 4) is 0 Å². The molecule has 0 amide bonds. The average molecular weight is 271 g/mol. The summed E-state index contributed by atoms with van der Waals surface area (Å²) in [4.78, 5) is 0. The summed E-state index contributed by atoms with van der Waals surface area (Å²) in [6.45, 7) is 2.15. The van der Waals surface area contributed by atoms with Crippen LogP contribution in [0.1, 0.15) is 31.9 Å². The van der Waals surface area contributed by atoms with E-state index in [-0.39, 0.29) is 5.38 Å². The van der Waals surface area contributed by atoms with Crippen LogP contribution in [-0.4, -0.2) is 5.38 Å². The van der Waals surface area contributed by atoms with Gasteiger partial charge in [0.2, 0.25) is 0 Å². The van der Waals surface area contributed by atoms with E-state index in [1.807, 2.05) is 18.2 Å². The summed E-state index contributed by atoms with van der Waals surface area (Å²) in [6.07, 6.45) is 4.01. The smallest absolute Gasteiger partial charge is 0.152 e. The summed E-state index contributed by atoms with van der Waals surface area (Å²) in [5.41, 5.74) is 0.783. The van der Waals surface area contributed by atoms with E-state index in [1.54, 1.807) is 0 Å². The monoisotopic (exact) mass is 270 g/mol. The number of furan rings is 1. The van der Waals surface area contributed by atoms with Gasteiger partial charge in [0.25, 0.3) is 0 Å². The van der Waals surface area contributed by atoms with E-state index in [1.165, 1.54) is 0 Å². The van der Waals surface area contributed by atoms with Gasteiger partial charge in [-0.1, -0.05) is 37.1 Å². The van der Waals surface area contributed by atoms with Crippen LogP contribution in [0, 0.1) is 0 Å². The zero-order chi connectivity index (χ0) is 12.3. The Labute approximate surface area is 112 Å². The fourth-order valence-electron chi connectivity index (χ4n) is 1.96. The first kappa shape index (κ1) is 12.8. The number of hydrogen-bond donors (Lipinski definition) is 0. The standard InChI is InChI=1S/C14H16Cl2O/c1-2-4-11(15)7-8-12-9-10-5-3-6-13(16)14(10)17-12/h3,5-6,9,11H,2,4,7-8H2,1H3. The number of alkyl halides is 1. The summed E-state index contributed by atoms with van der Waals surface area (Å²) in [6, 6.07) is 7.85. The van der Waals surface area contributed by atoms with Crippen LogP contribution in [0.5, 0.6) is 0 Å². The second-order valence-electron chi connectivity index (χ2n) is 4.30. The zero-order valence-electron chi connectivity index (χ0n) is 9.88. The van der Waals surface area contributed by atoms with Crippen LogP contribution in [0.2, 0.25) is 5.02 Å². The molecule has 1 heterocycles. The molecule has 1 aromatic heterocycles. The number of hydrogen-bond acceptors (Lipinski definition) is 1. The van der Waals surface area contributed by atoms with Crippen molar-refractivity contribution in [2.24, 2.45) is 0 Å². The predicted molar refractivity (Wildman–Crippen MR) is 74.1 cm³/mol. The molecule has 0 saturated heterocycles. The van der Waals surface area contributed by atoms with Gasteiger partial charge in [-0.3, -0.25) is 0 Å². The lowest BCUT2D eigenvalue weighted by Crippen LogP contribution is -1.99. The molecule has 2 rings (SSSR count). The third kappa shape index (κ3) is 3.17. The topological polar surface area (TPSA) is 13.1 Å². The van der Waals surface area contributed by atoms with Gasteiger partial charge in [-0.25, -0.2) is 0 Å². The van der Waals surface area contributed by atoms with Crippen LogP contribution in [0.25, 0.3) is 11.0 Å². The van der Waals surface area contributed by atoms with Crippen LogP contribution in [-0.2, 0) is 6.42 Å². The van der Waals surface area contributed by atoms with Crippen molar-refractivity contribution in [3.63, 3.8) is 0 Å². The molecule has 0 spiro atoms. The van der Waals surface area contributed by atoms with Crippen LogP contribution >= 0.6 is 23.2 Å². The fourth-order valence-corrected chi connectivity index (χ4v) is 2.51. The SMILES string of the molecule is CCCC(Cl)CCc1cc2cccc(Cl)c2o1. The van der Waals surface area contributed by atoms with Crippen LogP contribution in [0.15, 0.2) is 28.7 Å². The summed E-state index contributed by atoms with van der Waals surface area (Å²) < 4.78 is 5.74. The Morgan fingerprint density at radius 2 is 2.12 bits per heavy atom. The lowest BCUT2D eigenvalue weighted by Gasteiger charge is -2.05. The van der Waals surface area contributed by atoms with E-state index < -0.39 is 0 Å². The molecule has 2 aromatic rings. The largest absolute Gasteiger partial charge is 0.460 e. The molecule has 3 heteroatoms. The van der Waals surface area contributed by atoms with Gasteiger partial charge in [0, 0.05) is 17.2 Å². The first-order valence-corrected chi connectivity index (χ1v) is 6.83. The highest BCUT2D eigenvalue weighted by atomic mass is 35.5. The maximum Gasteiger partial charge on any atom is 0.152 e. The van der Waals surface area contributed by atoms with E-state index in [9.17, 15) is 0 Å². The Morgan fingerprint density at radius 3 is 2.82 bits per heavy atom. The van der Waals surface area contributed by atoms with Gasteiger partial charge in [-0.05, 0) is 25.0 Å². The second-order valence-corrected chi connectivity index (χ2v) is 5.32. The van der Waals surface area contributed by atoms with E-state index in [4.69, 9.17) is 27.6 Å². The summed E-state index contributed by atoms with van der Waals surface area (Å²) >= 11 is 12.3. The lowest BCUT2D eigenvalue weighted by molar-refractivity contribution is 0.529. The maximum atomic E-state index is 6.19. The fraction of sp³-hybridized carbons (Fsp3) is 0.429. The summed E-state index contributed by atoms with van der Waals surface area (Å²) in [7, 11) is 0. The highest BCUT2D eigenvalue weighted by Crippen LogP contribution is 2.27. The second kappa shape index (κ2) is 5.79. The van der Waals surface area contributed by atoms with Crippen molar-refractivity contribution in [1.82, 2.24) is 0 Å². The van der Waals surface area contributed by atoms with Crippen LogP contribution in [0.4, 0.5) is 0 Å². The van der Waals surface area contributed by atoms with Crippen LogP contribution in [0.3, 0.4) is 0 Å². The molecule has 0 N–H and O–H groups in total. The number of para-hydroxylation sites is 1. The minimum atomic E-state index is 0.240. The Bertz CT molecular complexity index is 490. The van der Waals surface area contributed by atoms with Gasteiger partial charge < -0.3 is 4.42 Å². The minimum absolute atomic E-state index is 0.240. The maximum absolute atomic E-state index is 6.19. The Kier molecular flexibility index (Phi) is 4.36. The molecule has 1 unspecified atom stereocenters. The van der Waals surface area contributed by atoms with E-state index in [0.29, 0.717) is 5.02 Å². The zero-order valence-corrected chi connectivity index (χ0v) is 11.4. The lowest BCUT2D eigenvalue weighted by atomic mass is 10.1. The van der Waals surface area contributed by atoms with E-state index in [0.717, 1.165) is 42.4 Å². The van der Waals surface area contributed by atoms with Gasteiger partial charge in [0.05, 0.1) is 5.02 Å². The molecule has 0 fully saturated rings. The van der Waals surface area contributed by atoms with Crippen molar-refractivity contribution in [3.05, 3.63) is 35.0 Å². The van der Waals surface area contributed by atoms with Crippen molar-refractivity contribution in [2.45, 2.75) is 38.0 Å². The third-order valence-electron chi connectivity index (χ3n) is 2.85. The third-order valence-corrected chi connectivity index (χ3v) is 3.59. The van der Waals surface area contributed by atoms with E-state index >= 15 is 0 Å². The highest BCUT2D eigenvalue weighted by Gasteiger charge is 2.09. The molecule has 0 aliphatic rings. The van der Waals surface area contributed by atoms with Gasteiger partial charge in [0.15, 0.2) is 5.58 Å². The van der Waals surface area contributed by atoms with Crippen molar-refractivity contribution >= 4 is 34.2 Å². The predicted octanol–water partition coefficient (Wildman–Crippen LogP) is 5.43. The molecule has 1 aromatic carbocycles. The molecule has 0 radical (unpaired) electrons. The molecule has 0 saturated carbocycles. The number of fused-ring (bicyclic) bond motifs is 1. The summed E-state index contributed by atoms with van der Waals surface area (Å²) in [5.74, 6) is 0.967. The molecule has 17 heavy (non-hydrogen) atoms. The molecule has 92 valence electrons. The van der Waals surface area contributed by atoms with Gasteiger partial charge in [0.1, 0.15) is 5.76 Å². The quantitative estimate of drug-likeness (QED) is 0.661. The Morgan fingerprint density at radius 1 is 1.29 bits per heavy atom. The highest BCUT2D eigenvalue weighted by molar-refractivity contribution is 6.34. The molecule has 0 aliphatic carbocycles. The Hall–Kier alpha value is -0.660. The molecule has 0 bridgehead atoms. The first-order valence-electron chi connectivity index (χ1n) is 6.01. The van der Waals surface area contributed by atoms with Crippen molar-refractivity contribution in [2.75, 3.05) is 0 Å². The molecule has 1 atom stereocenters. The molecule has 1 nitrogen and oxygen atoms in total. The van der Waals surface area contributed by atoms with E-state index in [2.05, 4.69) is 13.0 Å². The normalized spacial score (nSPS) is 13.1. The summed E-state index contributed by atoms with van der Waals surface area (Å²) in [5, 5.41) is 1.97. The van der Waals surface area contributed by atoms with Gasteiger partial charge in [-0.2, -0.15) is 0 Å². The number of aryl methyl sites for hydroxylation is 1. The van der Waals surface area contributed by atoms with Crippen molar-refractivity contribution < 1.29 is 4.42 Å². The average Bonchev–Trinajstić information content (AvgIpc) is 2.71. The van der Waals surface area contributed by atoms with Gasteiger partial charge in [-0.15, -0.1) is 11.6 Å². The number of benzene rings is 1. The van der Waals surface area contributed by atoms with Crippen molar-refractivity contribution in [1.29, 1.82) is 0 Å². The number of rotatable bonds is 5. The Balaban J connectivity index is 2.07. The van der Waals surface area contributed by atoms with Gasteiger partial charge >= 0.3 is 0 Å². The van der Waals surface area contributed by atoms with Crippen LogP contribution < -0.4 is 0 Å². The minimum Gasteiger partial charge on any atom is -0.460 e.